The number of ether oxygens (including phenoxy) is 1. The molecule has 1 fully saturated rings. The van der Waals surface area contributed by atoms with Crippen molar-refractivity contribution in [1.82, 2.24) is 20.3 Å². The van der Waals surface area contributed by atoms with Gasteiger partial charge in [-0.3, -0.25) is 0 Å². The van der Waals surface area contributed by atoms with E-state index in [4.69, 9.17) is 4.74 Å². The van der Waals surface area contributed by atoms with Gasteiger partial charge in [-0.25, -0.2) is 13.5 Å². The van der Waals surface area contributed by atoms with Gasteiger partial charge >= 0.3 is 0 Å². The van der Waals surface area contributed by atoms with Crippen LogP contribution in [-0.4, -0.2) is 34.2 Å². The molecule has 22 heavy (non-hydrogen) atoms. The van der Waals surface area contributed by atoms with Crippen LogP contribution < -0.4 is 5.32 Å². The maximum absolute atomic E-state index is 13.9. The molecule has 120 valence electrons. The Kier molecular flexibility index (Phi) is 5.01. The molecule has 3 heterocycles. The topological polar surface area (TPSA) is 52.0 Å². The van der Waals surface area contributed by atoms with Crippen molar-refractivity contribution in [2.45, 2.75) is 18.8 Å². The molecule has 5 nitrogen and oxygen atoms in total. The summed E-state index contributed by atoms with van der Waals surface area (Å²) in [7, 11) is 0. The summed E-state index contributed by atoms with van der Waals surface area (Å²) in [5, 5.41) is 11.4. The summed E-state index contributed by atoms with van der Waals surface area (Å²) in [5.41, 5.74) is 1.41. The van der Waals surface area contributed by atoms with E-state index >= 15 is 0 Å². The van der Waals surface area contributed by atoms with E-state index in [1.54, 1.807) is 4.68 Å². The number of rotatable bonds is 1. The largest absolute Gasteiger partial charge is 0.368 e. The normalized spacial score (nSPS) is 22.3. The Morgan fingerprint density at radius 2 is 2.05 bits per heavy atom. The highest BCUT2D eigenvalue weighted by Gasteiger charge is 2.37. The van der Waals surface area contributed by atoms with Gasteiger partial charge in [0.05, 0.1) is 24.4 Å². The summed E-state index contributed by atoms with van der Waals surface area (Å²) in [6, 6.07) is 3.54. The molecule has 1 aromatic carbocycles. The van der Waals surface area contributed by atoms with Gasteiger partial charge in [0.2, 0.25) is 0 Å². The molecule has 1 aromatic heterocycles. The third-order valence-corrected chi connectivity index (χ3v) is 3.85. The minimum absolute atomic E-state index is 0. The summed E-state index contributed by atoms with van der Waals surface area (Å²) >= 11 is 0. The van der Waals surface area contributed by atoms with Crippen molar-refractivity contribution >= 4 is 24.8 Å². The molecule has 1 N–H and O–H groups in total. The third-order valence-electron chi connectivity index (χ3n) is 3.85. The van der Waals surface area contributed by atoms with E-state index < -0.39 is 11.6 Å². The van der Waals surface area contributed by atoms with Gasteiger partial charge in [0, 0.05) is 24.7 Å². The highest BCUT2D eigenvalue weighted by atomic mass is 35.5. The predicted octanol–water partition coefficient (Wildman–Crippen LogP) is 2.11. The first-order valence-corrected chi connectivity index (χ1v) is 6.46. The minimum atomic E-state index is -0.639. The van der Waals surface area contributed by atoms with Gasteiger partial charge in [-0.2, -0.15) is 0 Å². The van der Waals surface area contributed by atoms with Crippen LogP contribution in [0.2, 0.25) is 0 Å². The molecule has 0 bridgehead atoms. The van der Waals surface area contributed by atoms with Gasteiger partial charge in [0.1, 0.15) is 17.3 Å². The van der Waals surface area contributed by atoms with Crippen molar-refractivity contribution in [3.05, 3.63) is 35.5 Å². The molecule has 0 spiro atoms. The number of hydrogen-bond acceptors (Lipinski definition) is 4. The Morgan fingerprint density at radius 1 is 1.23 bits per heavy atom. The summed E-state index contributed by atoms with van der Waals surface area (Å²) in [4.78, 5) is 0. The van der Waals surface area contributed by atoms with Crippen LogP contribution in [0.15, 0.2) is 18.2 Å². The van der Waals surface area contributed by atoms with Crippen molar-refractivity contribution in [1.29, 1.82) is 0 Å². The molecule has 2 aliphatic heterocycles. The van der Waals surface area contributed by atoms with Crippen LogP contribution in [-0.2, 0) is 11.3 Å². The Hall–Kier alpha value is -1.28. The number of halogens is 4. The van der Waals surface area contributed by atoms with E-state index in [2.05, 4.69) is 15.6 Å². The summed E-state index contributed by atoms with van der Waals surface area (Å²) < 4.78 is 34.4. The average Bonchev–Trinajstić information content (AvgIpc) is 3.03. The highest BCUT2D eigenvalue weighted by Crippen LogP contribution is 2.32. The SMILES string of the molecule is Cl.Cl.Fc1ccc(-c2nnn3c2CO[C@H]2CNC[C@@H]23)c(F)c1. The van der Waals surface area contributed by atoms with Crippen molar-refractivity contribution in [2.24, 2.45) is 0 Å². The van der Waals surface area contributed by atoms with Gasteiger partial charge in [-0.05, 0) is 12.1 Å². The van der Waals surface area contributed by atoms with Crippen molar-refractivity contribution in [3.63, 3.8) is 0 Å². The van der Waals surface area contributed by atoms with Crippen LogP contribution in [0.4, 0.5) is 8.78 Å². The lowest BCUT2D eigenvalue weighted by molar-refractivity contribution is -0.00262. The molecular weight excluding hydrogens is 337 g/mol. The van der Waals surface area contributed by atoms with Crippen molar-refractivity contribution in [3.8, 4) is 11.3 Å². The molecule has 4 rings (SSSR count). The Bertz CT molecular complexity index is 682. The molecule has 2 aliphatic rings. The van der Waals surface area contributed by atoms with Crippen LogP contribution in [0.1, 0.15) is 11.7 Å². The average molecular weight is 351 g/mol. The zero-order valence-electron chi connectivity index (χ0n) is 11.3. The van der Waals surface area contributed by atoms with Crippen molar-refractivity contribution < 1.29 is 13.5 Å². The van der Waals surface area contributed by atoms with Gasteiger partial charge in [-0.15, -0.1) is 29.9 Å². The number of fused-ring (bicyclic) bond motifs is 3. The van der Waals surface area contributed by atoms with Gasteiger partial charge in [0.25, 0.3) is 0 Å². The smallest absolute Gasteiger partial charge is 0.135 e. The van der Waals surface area contributed by atoms with Crippen molar-refractivity contribution in [2.75, 3.05) is 13.1 Å². The second-order valence-electron chi connectivity index (χ2n) is 5.03. The molecule has 0 saturated carbocycles. The minimum Gasteiger partial charge on any atom is -0.368 e. The Balaban J connectivity index is 0.000000882. The molecule has 9 heteroatoms. The summed E-state index contributed by atoms with van der Waals surface area (Å²) in [5.74, 6) is -1.25. The highest BCUT2D eigenvalue weighted by molar-refractivity contribution is 5.85. The fraction of sp³-hybridized carbons (Fsp3) is 0.385. The van der Waals surface area contributed by atoms with Crippen LogP contribution in [0, 0.1) is 11.6 Å². The lowest BCUT2D eigenvalue weighted by Gasteiger charge is -2.26. The second kappa shape index (κ2) is 6.45. The first-order chi connectivity index (χ1) is 9.74. The van der Waals surface area contributed by atoms with Gasteiger partial charge in [0.15, 0.2) is 0 Å². The molecule has 2 atom stereocenters. The predicted molar refractivity (Wildman–Crippen MR) is 80.4 cm³/mol. The fourth-order valence-corrected chi connectivity index (χ4v) is 2.85. The van der Waals surface area contributed by atoms with Crippen LogP contribution in [0.3, 0.4) is 0 Å². The number of nitrogens with zero attached hydrogens (tertiary/aromatic N) is 3. The maximum atomic E-state index is 13.9. The Morgan fingerprint density at radius 3 is 2.82 bits per heavy atom. The molecule has 0 unspecified atom stereocenters. The van der Waals surface area contributed by atoms with E-state index in [0.717, 1.165) is 24.8 Å². The first kappa shape index (κ1) is 17.1. The molecule has 1 saturated heterocycles. The maximum Gasteiger partial charge on any atom is 0.135 e. The summed E-state index contributed by atoms with van der Waals surface area (Å²) in [6.07, 6.45) is 0.0788. The molecule has 0 radical (unpaired) electrons. The summed E-state index contributed by atoms with van der Waals surface area (Å²) in [6.45, 7) is 1.87. The van der Waals surface area contributed by atoms with E-state index in [-0.39, 0.29) is 42.5 Å². The quantitative estimate of drug-likeness (QED) is 0.855. The van der Waals surface area contributed by atoms with Crippen LogP contribution in [0.25, 0.3) is 11.3 Å². The lowest BCUT2D eigenvalue weighted by atomic mass is 10.1. The molecular formula is C13H14Cl2F2N4O. The zero-order chi connectivity index (χ0) is 13.7. The second-order valence-corrected chi connectivity index (χ2v) is 5.03. The molecule has 0 amide bonds. The molecule has 2 aromatic rings. The number of benzene rings is 1. The zero-order valence-corrected chi connectivity index (χ0v) is 13.0. The molecule has 0 aliphatic carbocycles. The van der Waals surface area contributed by atoms with E-state index in [9.17, 15) is 8.78 Å². The van der Waals surface area contributed by atoms with E-state index in [1.165, 1.54) is 12.1 Å². The van der Waals surface area contributed by atoms with Gasteiger partial charge in [-0.1, -0.05) is 5.21 Å². The standard InChI is InChI=1S/C13H12F2N4O.2ClH/c14-7-1-2-8(9(15)3-7)13-11-6-20-12-5-16-4-10(12)19(11)18-17-13;;/h1-3,10,12,16H,4-6H2;2*1H/t10-,12-;;/m0../s1. The first-order valence-electron chi connectivity index (χ1n) is 6.46. The lowest BCUT2D eigenvalue weighted by Crippen LogP contribution is -2.32. The van der Waals surface area contributed by atoms with Crippen LogP contribution in [0.5, 0.6) is 0 Å². The Labute approximate surface area is 137 Å². The number of hydrogen-bond donors (Lipinski definition) is 1. The van der Waals surface area contributed by atoms with Gasteiger partial charge < -0.3 is 10.1 Å². The van der Waals surface area contributed by atoms with E-state index in [1.807, 2.05) is 0 Å². The van der Waals surface area contributed by atoms with E-state index in [0.29, 0.717) is 12.3 Å². The number of aromatic nitrogens is 3. The fourth-order valence-electron chi connectivity index (χ4n) is 2.85. The third kappa shape index (κ3) is 2.58. The van der Waals surface area contributed by atoms with Crippen LogP contribution >= 0.6 is 24.8 Å². The monoisotopic (exact) mass is 350 g/mol. The number of nitrogens with one attached hydrogen (secondary N) is 1.